The Morgan fingerprint density at radius 2 is 1.78 bits per heavy atom. The van der Waals surface area contributed by atoms with E-state index in [1.54, 1.807) is 0 Å². The minimum absolute atomic E-state index is 0.0737. The number of hydrogen-bond donors (Lipinski definition) is 2. The molecule has 0 fully saturated rings. The van der Waals surface area contributed by atoms with Gasteiger partial charge in [0, 0.05) is 11.3 Å². The number of amides is 2. The Bertz CT molecular complexity index is 1210. The first-order valence-corrected chi connectivity index (χ1v) is 9.07. The molecule has 3 aromatic rings. The molecule has 2 aromatic carbocycles. The summed E-state index contributed by atoms with van der Waals surface area (Å²) in [6, 6.07) is 9.01. The van der Waals surface area contributed by atoms with Crippen LogP contribution in [0.1, 0.15) is 37.5 Å². The first-order valence-electron chi connectivity index (χ1n) is 9.07. The highest BCUT2D eigenvalue weighted by atomic mass is 19.4. The molecule has 0 unspecified atom stereocenters. The molecule has 0 radical (unpaired) electrons. The summed E-state index contributed by atoms with van der Waals surface area (Å²) in [5, 5.41) is 9.02. The Hall–Kier alpha value is -4.02. The van der Waals surface area contributed by atoms with Gasteiger partial charge in [-0.3, -0.25) is 9.59 Å². The van der Waals surface area contributed by atoms with E-state index < -0.39 is 46.5 Å². The van der Waals surface area contributed by atoms with E-state index in [1.807, 2.05) is 0 Å². The Morgan fingerprint density at radius 1 is 1.06 bits per heavy atom. The number of primary amides is 1. The number of nitrogens with zero attached hydrogens (tertiary/aromatic N) is 2. The van der Waals surface area contributed by atoms with Gasteiger partial charge in [0.2, 0.25) is 5.91 Å². The number of carbonyl (C=O) groups excluding carboxylic acids is 2. The molecule has 0 aliphatic heterocycles. The maximum Gasteiger partial charge on any atom is 0.435 e. The number of hydrogen-bond acceptors (Lipinski definition) is 5. The summed E-state index contributed by atoms with van der Waals surface area (Å²) in [4.78, 5) is 24.3. The van der Waals surface area contributed by atoms with Gasteiger partial charge in [-0.05, 0) is 61.4 Å². The third-order valence-electron chi connectivity index (χ3n) is 4.43. The second kappa shape index (κ2) is 8.61. The van der Waals surface area contributed by atoms with Gasteiger partial charge in [0.25, 0.3) is 11.8 Å². The number of benzene rings is 2. The Labute approximate surface area is 179 Å². The number of anilines is 1. The average Bonchev–Trinajstić information content (AvgIpc) is 2.69. The van der Waals surface area contributed by atoms with Crippen molar-refractivity contribution in [3.63, 3.8) is 0 Å². The molecular weight excluding hydrogens is 432 g/mol. The fourth-order valence-electron chi connectivity index (χ4n) is 2.88. The van der Waals surface area contributed by atoms with E-state index in [4.69, 9.17) is 10.5 Å². The van der Waals surface area contributed by atoms with Crippen molar-refractivity contribution in [3.05, 3.63) is 76.2 Å². The minimum atomic E-state index is -4.87. The van der Waals surface area contributed by atoms with Gasteiger partial charge in [-0.25, -0.2) is 4.39 Å². The van der Waals surface area contributed by atoms with Crippen molar-refractivity contribution in [3.8, 4) is 11.6 Å². The Kier molecular flexibility index (Phi) is 6.10. The largest absolute Gasteiger partial charge is 0.437 e. The summed E-state index contributed by atoms with van der Waals surface area (Å²) >= 11 is 0. The van der Waals surface area contributed by atoms with Crippen molar-refractivity contribution in [2.75, 3.05) is 5.32 Å². The van der Waals surface area contributed by atoms with Gasteiger partial charge in [0.1, 0.15) is 17.1 Å². The summed E-state index contributed by atoms with van der Waals surface area (Å²) in [6.45, 7) is 2.56. The molecule has 0 aliphatic carbocycles. The van der Waals surface area contributed by atoms with E-state index in [-0.39, 0.29) is 17.0 Å². The highest BCUT2D eigenvalue weighted by Gasteiger charge is 2.38. The quantitative estimate of drug-likeness (QED) is 0.563. The van der Waals surface area contributed by atoms with Crippen LogP contribution in [0.4, 0.5) is 23.2 Å². The number of ether oxygens (including phenoxy) is 1. The number of aromatic nitrogens is 2. The molecule has 3 rings (SSSR count). The van der Waals surface area contributed by atoms with Crippen molar-refractivity contribution in [2.24, 2.45) is 5.73 Å². The van der Waals surface area contributed by atoms with Crippen molar-refractivity contribution < 1.29 is 31.9 Å². The number of carbonyl (C=O) groups is 2. The fraction of sp³-hybridized carbons (Fsp3) is 0.143. The van der Waals surface area contributed by atoms with Gasteiger partial charge < -0.3 is 15.8 Å². The van der Waals surface area contributed by atoms with E-state index in [0.29, 0.717) is 5.56 Å². The smallest absolute Gasteiger partial charge is 0.435 e. The van der Waals surface area contributed by atoms with Crippen LogP contribution in [0.3, 0.4) is 0 Å². The van der Waals surface area contributed by atoms with Gasteiger partial charge in [-0.2, -0.15) is 13.2 Å². The number of nitrogens with two attached hydrogens (primary N) is 1. The molecular formula is C21H16F4N4O3. The second-order valence-electron chi connectivity index (χ2n) is 6.76. The van der Waals surface area contributed by atoms with Crippen molar-refractivity contribution in [1.82, 2.24) is 10.2 Å². The molecule has 0 saturated carbocycles. The topological polar surface area (TPSA) is 107 Å². The zero-order valence-corrected chi connectivity index (χ0v) is 16.7. The van der Waals surface area contributed by atoms with E-state index in [1.165, 1.54) is 37.3 Å². The molecule has 166 valence electrons. The standard InChI is InChI=1S/C21H16F4N4O3/c1-10-8-13(22)6-7-15(10)32-20-16(11(2)17(28-29-20)21(23,24)25)19(31)27-14-5-3-4-12(9-14)18(26)30/h3-9H,1-2H3,(H2,26,30)(H,27,31). The van der Waals surface area contributed by atoms with E-state index >= 15 is 0 Å². The van der Waals surface area contributed by atoms with Crippen LogP contribution < -0.4 is 15.8 Å². The minimum Gasteiger partial charge on any atom is -0.437 e. The fourth-order valence-corrected chi connectivity index (χ4v) is 2.88. The monoisotopic (exact) mass is 448 g/mol. The maximum atomic E-state index is 13.4. The highest BCUT2D eigenvalue weighted by molar-refractivity contribution is 6.07. The van der Waals surface area contributed by atoms with Crippen LogP contribution in [0.2, 0.25) is 0 Å². The maximum absolute atomic E-state index is 13.4. The molecule has 2 amide bonds. The van der Waals surface area contributed by atoms with E-state index in [2.05, 4.69) is 15.5 Å². The predicted molar refractivity (Wildman–Crippen MR) is 106 cm³/mol. The van der Waals surface area contributed by atoms with Crippen LogP contribution in [0.5, 0.6) is 11.6 Å². The second-order valence-corrected chi connectivity index (χ2v) is 6.76. The van der Waals surface area contributed by atoms with Crippen molar-refractivity contribution in [1.29, 1.82) is 0 Å². The van der Waals surface area contributed by atoms with Crippen molar-refractivity contribution >= 4 is 17.5 Å². The number of aryl methyl sites for hydroxylation is 1. The van der Waals surface area contributed by atoms with Gasteiger partial charge in [-0.1, -0.05) is 6.07 Å². The first kappa shape index (κ1) is 22.7. The summed E-state index contributed by atoms with van der Waals surface area (Å²) in [6.07, 6.45) is -4.87. The lowest BCUT2D eigenvalue weighted by molar-refractivity contribution is -0.142. The molecule has 0 saturated heterocycles. The van der Waals surface area contributed by atoms with Gasteiger partial charge in [0.05, 0.1) is 0 Å². The molecule has 0 spiro atoms. The predicted octanol–water partition coefficient (Wildman–Crippen LogP) is 4.39. The SMILES string of the molecule is Cc1cc(F)ccc1Oc1nnc(C(F)(F)F)c(C)c1C(=O)Nc1cccc(C(N)=O)c1. The molecule has 0 atom stereocenters. The van der Waals surface area contributed by atoms with Crippen molar-refractivity contribution in [2.45, 2.75) is 20.0 Å². The summed E-state index contributed by atoms with van der Waals surface area (Å²) in [5.74, 6) is -2.72. The van der Waals surface area contributed by atoms with Gasteiger partial charge in [0.15, 0.2) is 5.69 Å². The van der Waals surface area contributed by atoms with Crippen LogP contribution >= 0.6 is 0 Å². The summed E-state index contributed by atoms with van der Waals surface area (Å²) < 4.78 is 59.0. The summed E-state index contributed by atoms with van der Waals surface area (Å²) in [5.41, 5.74) is 3.32. The average molecular weight is 448 g/mol. The Balaban J connectivity index is 2.07. The lowest BCUT2D eigenvalue weighted by Crippen LogP contribution is -2.21. The number of alkyl halides is 3. The zero-order chi connectivity index (χ0) is 23.6. The molecule has 11 heteroatoms. The van der Waals surface area contributed by atoms with Gasteiger partial charge >= 0.3 is 6.18 Å². The molecule has 32 heavy (non-hydrogen) atoms. The molecule has 0 bridgehead atoms. The zero-order valence-electron chi connectivity index (χ0n) is 16.7. The normalized spacial score (nSPS) is 11.2. The van der Waals surface area contributed by atoms with Crippen LogP contribution in [-0.2, 0) is 6.18 Å². The lowest BCUT2D eigenvalue weighted by Gasteiger charge is -2.16. The van der Waals surface area contributed by atoms with E-state index in [9.17, 15) is 27.2 Å². The van der Waals surface area contributed by atoms with Gasteiger partial charge in [-0.15, -0.1) is 10.2 Å². The third kappa shape index (κ3) is 4.82. The van der Waals surface area contributed by atoms with E-state index in [0.717, 1.165) is 19.1 Å². The molecule has 0 aliphatic rings. The Morgan fingerprint density at radius 3 is 2.41 bits per heavy atom. The highest BCUT2D eigenvalue weighted by Crippen LogP contribution is 2.35. The van der Waals surface area contributed by atoms with Crippen LogP contribution in [-0.4, -0.2) is 22.0 Å². The molecule has 3 N–H and O–H groups in total. The van der Waals surface area contributed by atoms with Crippen LogP contribution in [0.25, 0.3) is 0 Å². The number of halogens is 4. The summed E-state index contributed by atoms with van der Waals surface area (Å²) in [7, 11) is 0. The third-order valence-corrected chi connectivity index (χ3v) is 4.43. The molecule has 1 heterocycles. The molecule has 1 aromatic heterocycles. The van der Waals surface area contributed by atoms with Crippen LogP contribution in [0, 0.1) is 19.7 Å². The lowest BCUT2D eigenvalue weighted by atomic mass is 10.1. The first-order chi connectivity index (χ1) is 15.0. The number of rotatable bonds is 5. The molecule has 7 nitrogen and oxygen atoms in total. The number of nitrogens with one attached hydrogen (secondary N) is 1. The van der Waals surface area contributed by atoms with Crippen LogP contribution in [0.15, 0.2) is 42.5 Å².